The van der Waals surface area contributed by atoms with E-state index in [1.165, 1.54) is 25.7 Å². The fraction of sp³-hybridized carbons (Fsp3) is 0.786. The maximum atomic E-state index is 4.39. The molecule has 1 heterocycles. The van der Waals surface area contributed by atoms with Crippen LogP contribution >= 0.6 is 0 Å². The molecule has 0 aliphatic heterocycles. The molecule has 0 saturated heterocycles. The molecule has 1 saturated carbocycles. The molecule has 17 heavy (non-hydrogen) atoms. The summed E-state index contributed by atoms with van der Waals surface area (Å²) in [7, 11) is 1.97. The second kappa shape index (κ2) is 5.67. The molecule has 2 rings (SSSR count). The van der Waals surface area contributed by atoms with Crippen molar-refractivity contribution in [2.45, 2.75) is 52.1 Å². The maximum absolute atomic E-state index is 4.39. The van der Waals surface area contributed by atoms with Gasteiger partial charge in [0.1, 0.15) is 0 Å². The van der Waals surface area contributed by atoms with E-state index < -0.39 is 0 Å². The smallest absolute Gasteiger partial charge is 0.0762 e. The molecule has 0 radical (unpaired) electrons. The van der Waals surface area contributed by atoms with E-state index in [9.17, 15) is 0 Å². The Morgan fingerprint density at radius 2 is 2.06 bits per heavy atom. The lowest BCUT2D eigenvalue weighted by atomic mass is 9.80. The van der Waals surface area contributed by atoms with Crippen LogP contribution in [0, 0.1) is 11.8 Å². The Kier molecular flexibility index (Phi) is 4.21. The monoisotopic (exact) mass is 235 g/mol. The van der Waals surface area contributed by atoms with Crippen molar-refractivity contribution in [2.24, 2.45) is 18.9 Å². The van der Waals surface area contributed by atoms with E-state index in [1.54, 1.807) is 0 Å². The van der Waals surface area contributed by atoms with Gasteiger partial charge in [-0.05, 0) is 43.6 Å². The molecule has 0 aromatic carbocycles. The highest BCUT2D eigenvalue weighted by atomic mass is 15.3. The van der Waals surface area contributed by atoms with Crippen molar-refractivity contribution in [3.63, 3.8) is 0 Å². The number of nitrogens with one attached hydrogen (secondary N) is 1. The summed E-state index contributed by atoms with van der Waals surface area (Å²) in [5.74, 6) is 1.80. The maximum Gasteiger partial charge on any atom is 0.0762 e. The first-order valence-electron chi connectivity index (χ1n) is 6.87. The molecule has 3 heteroatoms. The molecule has 0 atom stereocenters. The largest absolute Gasteiger partial charge is 0.308 e. The van der Waals surface area contributed by atoms with Crippen molar-refractivity contribution >= 4 is 0 Å². The summed E-state index contributed by atoms with van der Waals surface area (Å²) in [6.45, 7) is 5.62. The van der Waals surface area contributed by atoms with E-state index in [4.69, 9.17) is 0 Å². The molecule has 0 spiro atoms. The van der Waals surface area contributed by atoms with E-state index in [2.05, 4.69) is 30.3 Å². The zero-order chi connectivity index (χ0) is 12.3. The number of hydrogen-bond acceptors (Lipinski definition) is 2. The minimum atomic E-state index is 0.701. The predicted molar refractivity (Wildman–Crippen MR) is 70.6 cm³/mol. The first-order chi connectivity index (χ1) is 8.15. The van der Waals surface area contributed by atoms with E-state index >= 15 is 0 Å². The van der Waals surface area contributed by atoms with Crippen molar-refractivity contribution < 1.29 is 0 Å². The fourth-order valence-electron chi connectivity index (χ4n) is 2.80. The standard InChI is InChI=1S/C14H25N3/c1-11(2)12-4-6-13(7-5-12)15-10-14-8-9-17(3)16-14/h8-9,11-13,15H,4-7,10H2,1-3H3. The summed E-state index contributed by atoms with van der Waals surface area (Å²) in [5, 5.41) is 8.03. The van der Waals surface area contributed by atoms with Crippen LogP contribution in [0.1, 0.15) is 45.2 Å². The molecular formula is C14H25N3. The van der Waals surface area contributed by atoms with Gasteiger partial charge in [0, 0.05) is 25.8 Å². The van der Waals surface area contributed by atoms with Gasteiger partial charge in [0.25, 0.3) is 0 Å². The quantitative estimate of drug-likeness (QED) is 0.869. The van der Waals surface area contributed by atoms with Crippen LogP contribution in [0.2, 0.25) is 0 Å². The van der Waals surface area contributed by atoms with Crippen LogP contribution in [0.5, 0.6) is 0 Å². The van der Waals surface area contributed by atoms with Gasteiger partial charge in [0.2, 0.25) is 0 Å². The molecule has 1 aliphatic carbocycles. The normalized spacial score (nSPS) is 25.4. The van der Waals surface area contributed by atoms with Gasteiger partial charge in [0.15, 0.2) is 0 Å². The van der Waals surface area contributed by atoms with Gasteiger partial charge in [-0.3, -0.25) is 4.68 Å². The second-order valence-corrected chi connectivity index (χ2v) is 5.72. The lowest BCUT2D eigenvalue weighted by Gasteiger charge is -2.31. The van der Waals surface area contributed by atoms with Crippen molar-refractivity contribution in [2.75, 3.05) is 0 Å². The Morgan fingerprint density at radius 1 is 1.35 bits per heavy atom. The molecule has 1 aromatic heterocycles. The van der Waals surface area contributed by atoms with Gasteiger partial charge in [0.05, 0.1) is 5.69 Å². The highest BCUT2D eigenvalue weighted by molar-refractivity contribution is 4.98. The molecular weight excluding hydrogens is 210 g/mol. The fourth-order valence-corrected chi connectivity index (χ4v) is 2.80. The minimum absolute atomic E-state index is 0.701. The zero-order valence-electron chi connectivity index (χ0n) is 11.3. The number of hydrogen-bond donors (Lipinski definition) is 1. The van der Waals surface area contributed by atoms with Gasteiger partial charge >= 0.3 is 0 Å². The third-order valence-electron chi connectivity index (χ3n) is 4.06. The van der Waals surface area contributed by atoms with Crippen molar-refractivity contribution in [3.8, 4) is 0 Å². The van der Waals surface area contributed by atoms with Crippen LogP contribution in [0.4, 0.5) is 0 Å². The summed E-state index contributed by atoms with van der Waals surface area (Å²) in [5.41, 5.74) is 1.15. The van der Waals surface area contributed by atoms with Crippen molar-refractivity contribution in [3.05, 3.63) is 18.0 Å². The SMILES string of the molecule is CC(C)C1CCC(NCc2ccn(C)n2)CC1. The third-order valence-corrected chi connectivity index (χ3v) is 4.06. The minimum Gasteiger partial charge on any atom is -0.308 e. The van der Waals surface area contributed by atoms with Gasteiger partial charge in [-0.15, -0.1) is 0 Å². The van der Waals surface area contributed by atoms with Crippen LogP contribution in [0.3, 0.4) is 0 Å². The third kappa shape index (κ3) is 3.56. The Bertz CT molecular complexity index is 335. The lowest BCUT2D eigenvalue weighted by Crippen LogP contribution is -2.33. The topological polar surface area (TPSA) is 29.9 Å². The van der Waals surface area contributed by atoms with Gasteiger partial charge < -0.3 is 5.32 Å². The first kappa shape index (κ1) is 12.6. The van der Waals surface area contributed by atoms with Gasteiger partial charge in [-0.25, -0.2) is 0 Å². The van der Waals surface area contributed by atoms with Crippen LogP contribution < -0.4 is 5.32 Å². The number of rotatable bonds is 4. The molecule has 3 nitrogen and oxygen atoms in total. The zero-order valence-corrected chi connectivity index (χ0v) is 11.3. The summed E-state index contributed by atoms with van der Waals surface area (Å²) < 4.78 is 1.87. The van der Waals surface area contributed by atoms with E-state index in [1.807, 2.05) is 17.9 Å². The van der Waals surface area contributed by atoms with Crippen LogP contribution in [-0.2, 0) is 13.6 Å². The predicted octanol–water partition coefficient (Wildman–Crippen LogP) is 2.72. The Balaban J connectivity index is 1.71. The molecule has 1 fully saturated rings. The lowest BCUT2D eigenvalue weighted by molar-refractivity contribution is 0.238. The van der Waals surface area contributed by atoms with E-state index in [-0.39, 0.29) is 0 Å². The molecule has 0 bridgehead atoms. The molecule has 0 unspecified atom stereocenters. The van der Waals surface area contributed by atoms with E-state index in [0.29, 0.717) is 6.04 Å². The Hall–Kier alpha value is -0.830. The average Bonchev–Trinajstić information content (AvgIpc) is 2.73. The molecule has 0 amide bonds. The molecule has 1 N–H and O–H groups in total. The molecule has 1 aliphatic rings. The summed E-state index contributed by atoms with van der Waals surface area (Å²) in [6, 6.07) is 2.79. The number of aryl methyl sites for hydroxylation is 1. The van der Waals surface area contributed by atoms with Crippen LogP contribution in [-0.4, -0.2) is 15.8 Å². The summed E-state index contributed by atoms with van der Waals surface area (Å²) in [4.78, 5) is 0. The van der Waals surface area contributed by atoms with Crippen LogP contribution in [0.25, 0.3) is 0 Å². The molecule has 1 aromatic rings. The number of nitrogens with zero attached hydrogens (tertiary/aromatic N) is 2. The molecule has 96 valence electrons. The Labute approximate surface area is 105 Å². The van der Waals surface area contributed by atoms with Crippen molar-refractivity contribution in [1.29, 1.82) is 0 Å². The highest BCUT2D eigenvalue weighted by Gasteiger charge is 2.22. The Morgan fingerprint density at radius 3 is 2.59 bits per heavy atom. The van der Waals surface area contributed by atoms with Crippen LogP contribution in [0.15, 0.2) is 12.3 Å². The van der Waals surface area contributed by atoms with Gasteiger partial charge in [-0.1, -0.05) is 13.8 Å². The van der Waals surface area contributed by atoms with Gasteiger partial charge in [-0.2, -0.15) is 5.10 Å². The summed E-state index contributed by atoms with van der Waals surface area (Å²) >= 11 is 0. The summed E-state index contributed by atoms with van der Waals surface area (Å²) in [6.07, 6.45) is 7.44. The first-order valence-corrected chi connectivity index (χ1v) is 6.87. The second-order valence-electron chi connectivity index (χ2n) is 5.72. The van der Waals surface area contributed by atoms with E-state index in [0.717, 1.165) is 24.1 Å². The average molecular weight is 235 g/mol. The number of aromatic nitrogens is 2. The van der Waals surface area contributed by atoms with Crippen molar-refractivity contribution in [1.82, 2.24) is 15.1 Å². The highest BCUT2D eigenvalue weighted by Crippen LogP contribution is 2.29.